The molecule has 0 aliphatic carbocycles. The summed E-state index contributed by atoms with van der Waals surface area (Å²) in [5, 5.41) is 4.21. The highest BCUT2D eigenvalue weighted by molar-refractivity contribution is 7.84. The van der Waals surface area contributed by atoms with Crippen molar-refractivity contribution >= 4 is 36.1 Å². The molecule has 2 aromatic rings. The number of aromatic nitrogens is 4. The van der Waals surface area contributed by atoms with Gasteiger partial charge in [-0.3, -0.25) is 8.75 Å². The number of nitrogens with zero attached hydrogens (tertiary/aromatic N) is 4. The number of anilines is 1. The molecule has 3 rings (SSSR count). The number of hydrogen-bond donors (Lipinski definition) is 2. The highest BCUT2D eigenvalue weighted by Gasteiger charge is 2.52. The standard InChI is InChI=1S/C16H27N6O5SSi/c1-15(2,3)26-10-6-16(29(4)5,27-11(10)7-25-28(18,23)24)22-9-21-12-13(17)19-8-20-14(12)22/h8-11H,6-7H2,1-5H3,(H2,17,19,20)(H2,18,23,24)/t10-,11+,16-/m0/s1. The van der Waals surface area contributed by atoms with Gasteiger partial charge in [0.2, 0.25) is 0 Å². The van der Waals surface area contributed by atoms with Crippen LogP contribution < -0.4 is 10.9 Å². The van der Waals surface area contributed by atoms with Crippen LogP contribution in [0.3, 0.4) is 0 Å². The molecule has 11 nitrogen and oxygen atoms in total. The first-order chi connectivity index (χ1) is 13.3. The minimum atomic E-state index is -4.11. The number of fused-ring (bicyclic) bond motifs is 1. The van der Waals surface area contributed by atoms with Gasteiger partial charge in [0.05, 0.1) is 24.6 Å². The zero-order valence-corrected chi connectivity index (χ0v) is 18.9. The van der Waals surface area contributed by atoms with Gasteiger partial charge >= 0.3 is 10.3 Å². The molecule has 0 aromatic carbocycles. The molecule has 161 valence electrons. The minimum absolute atomic E-state index is 0.250. The fraction of sp³-hybridized carbons (Fsp3) is 0.688. The first kappa shape index (κ1) is 22.1. The van der Waals surface area contributed by atoms with E-state index in [9.17, 15) is 8.42 Å². The van der Waals surface area contributed by atoms with Crippen molar-refractivity contribution in [2.45, 2.75) is 63.4 Å². The summed E-state index contributed by atoms with van der Waals surface area (Å²) in [4.78, 5) is 12.7. The van der Waals surface area contributed by atoms with Gasteiger partial charge in [0.25, 0.3) is 0 Å². The second kappa shape index (κ2) is 7.56. The second-order valence-electron chi connectivity index (χ2n) is 8.24. The van der Waals surface area contributed by atoms with Crippen molar-refractivity contribution in [3.8, 4) is 0 Å². The van der Waals surface area contributed by atoms with Crippen LogP contribution >= 0.6 is 0 Å². The third kappa shape index (κ3) is 4.59. The maximum Gasteiger partial charge on any atom is 0.333 e. The predicted octanol–water partition coefficient (Wildman–Crippen LogP) is 0.548. The number of nitrogen functional groups attached to an aromatic ring is 1. The Bertz CT molecular complexity index is 991. The van der Waals surface area contributed by atoms with E-state index >= 15 is 0 Å². The van der Waals surface area contributed by atoms with Crippen LogP contribution in [0.15, 0.2) is 12.7 Å². The van der Waals surface area contributed by atoms with Crippen molar-refractivity contribution in [3.63, 3.8) is 0 Å². The summed E-state index contributed by atoms with van der Waals surface area (Å²) in [5.41, 5.74) is 6.50. The smallest absolute Gasteiger partial charge is 0.333 e. The van der Waals surface area contributed by atoms with Crippen molar-refractivity contribution in [1.82, 2.24) is 19.5 Å². The average Bonchev–Trinajstić information content (AvgIpc) is 3.14. The fourth-order valence-electron chi connectivity index (χ4n) is 3.49. The van der Waals surface area contributed by atoms with Gasteiger partial charge in [-0.25, -0.2) is 20.1 Å². The largest absolute Gasteiger partial charge is 0.382 e. The van der Waals surface area contributed by atoms with Crippen molar-refractivity contribution in [2.75, 3.05) is 12.3 Å². The molecule has 3 heterocycles. The van der Waals surface area contributed by atoms with E-state index in [1.807, 2.05) is 25.3 Å². The van der Waals surface area contributed by atoms with E-state index in [-0.39, 0.29) is 12.4 Å². The summed E-state index contributed by atoms with van der Waals surface area (Å²) in [6.45, 7) is 9.72. The zero-order chi connectivity index (χ0) is 21.6. The molecule has 0 unspecified atom stereocenters. The van der Waals surface area contributed by atoms with Gasteiger partial charge in [0.1, 0.15) is 32.1 Å². The molecule has 0 bridgehead atoms. The quantitative estimate of drug-likeness (QED) is 0.608. The lowest BCUT2D eigenvalue weighted by molar-refractivity contribution is -0.109. The van der Waals surface area contributed by atoms with Gasteiger partial charge in [0, 0.05) is 6.42 Å². The van der Waals surface area contributed by atoms with E-state index in [1.54, 1.807) is 6.33 Å². The summed E-state index contributed by atoms with van der Waals surface area (Å²) in [6, 6.07) is 0. The van der Waals surface area contributed by atoms with Crippen molar-refractivity contribution in [1.29, 1.82) is 0 Å². The highest BCUT2D eigenvalue weighted by Crippen LogP contribution is 2.42. The summed E-state index contributed by atoms with van der Waals surface area (Å²) < 4.78 is 42.0. The van der Waals surface area contributed by atoms with Gasteiger partial charge in [0.15, 0.2) is 11.5 Å². The van der Waals surface area contributed by atoms with Crippen LogP contribution in [-0.2, 0) is 29.3 Å². The Morgan fingerprint density at radius 1 is 1.34 bits per heavy atom. The van der Waals surface area contributed by atoms with Gasteiger partial charge in [-0.15, -0.1) is 0 Å². The van der Waals surface area contributed by atoms with Crippen molar-refractivity contribution in [3.05, 3.63) is 12.7 Å². The Morgan fingerprint density at radius 3 is 2.62 bits per heavy atom. The minimum Gasteiger partial charge on any atom is -0.382 e. The monoisotopic (exact) mass is 443 g/mol. The van der Waals surface area contributed by atoms with Crippen LogP contribution in [0.1, 0.15) is 27.2 Å². The summed E-state index contributed by atoms with van der Waals surface area (Å²) in [5.74, 6) is 0.277. The molecule has 1 aliphatic rings. The van der Waals surface area contributed by atoms with E-state index in [0.29, 0.717) is 17.6 Å². The maximum atomic E-state index is 11.3. The van der Waals surface area contributed by atoms with E-state index in [4.69, 9.17) is 24.5 Å². The number of nitrogens with two attached hydrogens (primary N) is 2. The predicted molar refractivity (Wildman–Crippen MR) is 108 cm³/mol. The molecule has 2 aromatic heterocycles. The topological polar surface area (TPSA) is 157 Å². The van der Waals surface area contributed by atoms with Gasteiger partial charge in [-0.05, 0) is 20.8 Å². The molecular weight excluding hydrogens is 416 g/mol. The Morgan fingerprint density at radius 2 is 2.03 bits per heavy atom. The van der Waals surface area contributed by atoms with E-state index in [2.05, 4.69) is 28.0 Å². The molecule has 0 amide bonds. The molecule has 0 spiro atoms. The lowest BCUT2D eigenvalue weighted by atomic mass is 10.1. The van der Waals surface area contributed by atoms with Crippen molar-refractivity contribution in [2.24, 2.45) is 5.14 Å². The van der Waals surface area contributed by atoms with E-state index in [1.165, 1.54) is 6.33 Å². The highest BCUT2D eigenvalue weighted by atomic mass is 32.2. The van der Waals surface area contributed by atoms with Crippen LogP contribution in [0.5, 0.6) is 0 Å². The van der Waals surface area contributed by atoms with E-state index in [0.717, 1.165) is 0 Å². The lowest BCUT2D eigenvalue weighted by Crippen LogP contribution is -2.45. The third-order valence-electron chi connectivity index (χ3n) is 4.67. The molecule has 1 fully saturated rings. The first-order valence-corrected chi connectivity index (χ1v) is 13.1. The Hall–Kier alpha value is -1.64. The molecule has 1 radical (unpaired) electrons. The number of imidazole rings is 1. The van der Waals surface area contributed by atoms with Crippen LogP contribution in [-0.4, -0.2) is 61.1 Å². The Balaban J connectivity index is 2.04. The van der Waals surface area contributed by atoms with Crippen molar-refractivity contribution < 1.29 is 22.1 Å². The molecule has 1 saturated heterocycles. The molecule has 0 saturated carbocycles. The Labute approximate surface area is 171 Å². The van der Waals surface area contributed by atoms with Crippen LogP contribution in [0.4, 0.5) is 5.82 Å². The first-order valence-electron chi connectivity index (χ1n) is 9.10. The van der Waals surface area contributed by atoms with Crippen LogP contribution in [0, 0.1) is 0 Å². The van der Waals surface area contributed by atoms with Gasteiger partial charge in [-0.2, -0.15) is 8.42 Å². The lowest BCUT2D eigenvalue weighted by Gasteiger charge is -2.34. The third-order valence-corrected chi connectivity index (χ3v) is 7.26. The van der Waals surface area contributed by atoms with Gasteiger partial charge in [-0.1, -0.05) is 13.1 Å². The summed E-state index contributed by atoms with van der Waals surface area (Å²) >= 11 is 0. The van der Waals surface area contributed by atoms with Crippen LogP contribution in [0.2, 0.25) is 13.1 Å². The molecule has 3 atom stereocenters. The second-order valence-corrected chi connectivity index (χ2v) is 12.2. The SMILES string of the molecule is C[Si](C)[C@]1(n2cnc3c(N)ncnc32)C[C@H](OC(C)(C)C)[C@@H](COS(N)(=O)=O)O1. The fourth-order valence-corrected chi connectivity index (χ4v) is 5.45. The van der Waals surface area contributed by atoms with E-state index < -0.39 is 42.3 Å². The zero-order valence-electron chi connectivity index (χ0n) is 17.1. The Kier molecular flexibility index (Phi) is 5.75. The average molecular weight is 444 g/mol. The number of ether oxygens (including phenoxy) is 2. The molecule has 29 heavy (non-hydrogen) atoms. The maximum absolute atomic E-state index is 11.3. The molecule has 4 N–H and O–H groups in total. The van der Waals surface area contributed by atoms with Gasteiger partial charge < -0.3 is 15.2 Å². The number of hydrogen-bond acceptors (Lipinski definition) is 9. The molecule has 1 aliphatic heterocycles. The molecule has 13 heteroatoms. The summed E-state index contributed by atoms with van der Waals surface area (Å²) in [7, 11) is -5.30. The van der Waals surface area contributed by atoms with Crippen LogP contribution in [0.25, 0.3) is 11.2 Å². The number of rotatable bonds is 6. The molecular formula is C16H27N6O5SSi. The normalized spacial score (nSPS) is 25.9. The summed E-state index contributed by atoms with van der Waals surface area (Å²) in [6.07, 6.45) is 2.41.